The van der Waals surface area contributed by atoms with E-state index >= 15 is 0 Å². The molecule has 0 radical (unpaired) electrons. The molecule has 0 saturated carbocycles. The monoisotopic (exact) mass is 321 g/mol. The van der Waals surface area contributed by atoms with E-state index in [4.69, 9.17) is 0 Å². The molecule has 1 unspecified atom stereocenters. The Balaban J connectivity index is 1.60. The quantitative estimate of drug-likeness (QED) is 0.790. The molecular formula is C18H15N3O3. The van der Waals surface area contributed by atoms with E-state index < -0.39 is 5.92 Å². The largest absolute Gasteiger partial charge is 0.348 e. The van der Waals surface area contributed by atoms with E-state index in [1.165, 1.54) is 0 Å². The highest BCUT2D eigenvalue weighted by molar-refractivity contribution is 6.06. The number of rotatable bonds is 2. The normalized spacial score (nSPS) is 18.2. The summed E-state index contributed by atoms with van der Waals surface area (Å²) < 4.78 is 0. The summed E-state index contributed by atoms with van der Waals surface area (Å²) in [4.78, 5) is 36.2. The Morgan fingerprint density at radius 3 is 2.83 bits per heavy atom. The average molecular weight is 321 g/mol. The van der Waals surface area contributed by atoms with Crippen molar-refractivity contribution in [2.24, 2.45) is 0 Å². The summed E-state index contributed by atoms with van der Waals surface area (Å²) in [6.07, 6.45) is 0.105. The molecule has 2 heterocycles. The number of nitrogens with one attached hydrogen (secondary N) is 3. The molecule has 0 aromatic heterocycles. The number of fused-ring (bicyclic) bond motifs is 2. The van der Waals surface area contributed by atoms with Gasteiger partial charge in [-0.05, 0) is 29.3 Å². The summed E-state index contributed by atoms with van der Waals surface area (Å²) in [6.45, 7) is 0.512. The SMILES string of the molecule is O=C1CC(C(=O)Nc2ccc3c(c2)C(=O)NC3)c2ccccc2N1. The number of amides is 3. The van der Waals surface area contributed by atoms with Gasteiger partial charge in [0.05, 0.1) is 5.92 Å². The molecular weight excluding hydrogens is 306 g/mol. The standard InChI is InChI=1S/C18H15N3O3/c22-16-8-14(12-3-1-2-4-15(12)21-16)18(24)20-11-6-5-10-9-19-17(23)13(10)7-11/h1-7,14H,8-9H2,(H,19,23)(H,20,24)(H,21,22). The first kappa shape index (κ1) is 14.4. The number of hydrogen-bond donors (Lipinski definition) is 3. The van der Waals surface area contributed by atoms with Crippen molar-refractivity contribution in [1.82, 2.24) is 5.32 Å². The molecule has 0 aliphatic carbocycles. The van der Waals surface area contributed by atoms with Crippen LogP contribution in [0.25, 0.3) is 0 Å². The number of benzene rings is 2. The third-order valence-corrected chi connectivity index (χ3v) is 4.38. The van der Waals surface area contributed by atoms with Crippen LogP contribution in [0.4, 0.5) is 11.4 Å². The van der Waals surface area contributed by atoms with Crippen molar-refractivity contribution >= 4 is 29.1 Å². The van der Waals surface area contributed by atoms with Crippen molar-refractivity contribution in [2.75, 3.05) is 10.6 Å². The Morgan fingerprint density at radius 2 is 1.96 bits per heavy atom. The minimum Gasteiger partial charge on any atom is -0.348 e. The lowest BCUT2D eigenvalue weighted by Crippen LogP contribution is -2.30. The van der Waals surface area contributed by atoms with E-state index in [0.29, 0.717) is 23.5 Å². The van der Waals surface area contributed by atoms with E-state index in [2.05, 4.69) is 16.0 Å². The van der Waals surface area contributed by atoms with Gasteiger partial charge in [-0.15, -0.1) is 0 Å². The van der Waals surface area contributed by atoms with Crippen molar-refractivity contribution in [3.05, 3.63) is 59.2 Å². The summed E-state index contributed by atoms with van der Waals surface area (Å²) in [5, 5.41) is 8.34. The van der Waals surface area contributed by atoms with Crippen molar-refractivity contribution in [3.63, 3.8) is 0 Å². The number of carbonyl (C=O) groups excluding carboxylic acids is 3. The lowest BCUT2D eigenvalue weighted by molar-refractivity contribution is -0.123. The molecule has 1 atom stereocenters. The van der Waals surface area contributed by atoms with E-state index in [-0.39, 0.29) is 24.1 Å². The maximum absolute atomic E-state index is 12.7. The molecule has 2 aliphatic rings. The summed E-state index contributed by atoms with van der Waals surface area (Å²) in [5.74, 6) is -1.11. The molecule has 120 valence electrons. The Hall–Kier alpha value is -3.15. The van der Waals surface area contributed by atoms with E-state index in [1.54, 1.807) is 18.2 Å². The molecule has 2 aromatic carbocycles. The highest BCUT2D eigenvalue weighted by Gasteiger charge is 2.30. The molecule has 24 heavy (non-hydrogen) atoms. The van der Waals surface area contributed by atoms with Crippen molar-refractivity contribution in [1.29, 1.82) is 0 Å². The Kier molecular flexibility index (Phi) is 3.30. The average Bonchev–Trinajstić information content (AvgIpc) is 2.95. The fourth-order valence-electron chi connectivity index (χ4n) is 3.17. The van der Waals surface area contributed by atoms with Gasteiger partial charge < -0.3 is 16.0 Å². The third kappa shape index (κ3) is 2.42. The molecule has 3 amide bonds. The second kappa shape index (κ2) is 5.49. The van der Waals surface area contributed by atoms with Crippen LogP contribution in [-0.4, -0.2) is 17.7 Å². The molecule has 0 spiro atoms. The maximum Gasteiger partial charge on any atom is 0.251 e. The second-order valence-corrected chi connectivity index (χ2v) is 5.94. The topological polar surface area (TPSA) is 87.3 Å². The van der Waals surface area contributed by atoms with Crippen LogP contribution in [0.2, 0.25) is 0 Å². The minimum absolute atomic E-state index is 0.105. The van der Waals surface area contributed by atoms with Gasteiger partial charge in [-0.1, -0.05) is 24.3 Å². The Morgan fingerprint density at radius 1 is 1.12 bits per heavy atom. The third-order valence-electron chi connectivity index (χ3n) is 4.38. The predicted octanol–water partition coefficient (Wildman–Crippen LogP) is 1.99. The Labute approximate surface area is 138 Å². The molecule has 2 aromatic rings. The van der Waals surface area contributed by atoms with Crippen LogP contribution in [0.5, 0.6) is 0 Å². The highest BCUT2D eigenvalue weighted by atomic mass is 16.2. The predicted molar refractivity (Wildman–Crippen MR) is 88.7 cm³/mol. The van der Waals surface area contributed by atoms with Gasteiger partial charge in [0, 0.05) is 29.9 Å². The molecule has 0 fully saturated rings. The van der Waals surface area contributed by atoms with E-state index in [1.807, 2.05) is 24.3 Å². The maximum atomic E-state index is 12.7. The van der Waals surface area contributed by atoms with Gasteiger partial charge in [0.2, 0.25) is 11.8 Å². The van der Waals surface area contributed by atoms with E-state index in [9.17, 15) is 14.4 Å². The zero-order valence-corrected chi connectivity index (χ0v) is 12.8. The summed E-state index contributed by atoms with van der Waals surface area (Å²) in [6, 6.07) is 12.6. The van der Waals surface area contributed by atoms with Gasteiger partial charge in [0.1, 0.15) is 0 Å². The van der Waals surface area contributed by atoms with Crippen LogP contribution in [0.3, 0.4) is 0 Å². The number of para-hydroxylation sites is 1. The smallest absolute Gasteiger partial charge is 0.251 e. The zero-order valence-electron chi connectivity index (χ0n) is 12.8. The fraction of sp³-hybridized carbons (Fsp3) is 0.167. The molecule has 4 rings (SSSR count). The first-order valence-electron chi connectivity index (χ1n) is 7.72. The summed E-state index contributed by atoms with van der Waals surface area (Å²) in [7, 11) is 0. The van der Waals surface area contributed by atoms with Crippen LogP contribution < -0.4 is 16.0 Å². The Bertz CT molecular complexity index is 876. The highest BCUT2D eigenvalue weighted by Crippen LogP contribution is 2.33. The van der Waals surface area contributed by atoms with Crippen LogP contribution in [0, 0.1) is 0 Å². The molecule has 6 heteroatoms. The number of anilines is 2. The van der Waals surface area contributed by atoms with Gasteiger partial charge in [0.15, 0.2) is 0 Å². The molecule has 0 saturated heterocycles. The summed E-state index contributed by atoms with van der Waals surface area (Å²) in [5.41, 5.74) is 3.52. The van der Waals surface area contributed by atoms with Crippen molar-refractivity contribution < 1.29 is 14.4 Å². The number of hydrogen-bond acceptors (Lipinski definition) is 3. The zero-order chi connectivity index (χ0) is 16.7. The van der Waals surface area contributed by atoms with Crippen molar-refractivity contribution in [3.8, 4) is 0 Å². The minimum atomic E-state index is -0.544. The summed E-state index contributed by atoms with van der Waals surface area (Å²) >= 11 is 0. The lowest BCUT2D eigenvalue weighted by atomic mass is 9.89. The molecule has 0 bridgehead atoms. The first-order valence-corrected chi connectivity index (χ1v) is 7.72. The molecule has 2 aliphatic heterocycles. The lowest BCUT2D eigenvalue weighted by Gasteiger charge is -2.24. The van der Waals surface area contributed by atoms with Crippen LogP contribution in [-0.2, 0) is 16.1 Å². The number of carbonyl (C=O) groups is 3. The first-order chi connectivity index (χ1) is 11.6. The fourth-order valence-corrected chi connectivity index (χ4v) is 3.17. The van der Waals surface area contributed by atoms with Gasteiger partial charge in [-0.25, -0.2) is 0 Å². The van der Waals surface area contributed by atoms with Gasteiger partial charge in [-0.3, -0.25) is 14.4 Å². The second-order valence-electron chi connectivity index (χ2n) is 5.94. The van der Waals surface area contributed by atoms with Gasteiger partial charge in [-0.2, -0.15) is 0 Å². The van der Waals surface area contributed by atoms with E-state index in [0.717, 1.165) is 11.1 Å². The molecule has 6 nitrogen and oxygen atoms in total. The van der Waals surface area contributed by atoms with Crippen molar-refractivity contribution in [2.45, 2.75) is 18.9 Å². The molecule has 3 N–H and O–H groups in total. The van der Waals surface area contributed by atoms with Gasteiger partial charge in [0.25, 0.3) is 5.91 Å². The van der Waals surface area contributed by atoms with Crippen LogP contribution >= 0.6 is 0 Å². The van der Waals surface area contributed by atoms with Crippen LogP contribution in [0.15, 0.2) is 42.5 Å². The van der Waals surface area contributed by atoms with Crippen LogP contribution in [0.1, 0.15) is 33.8 Å². The van der Waals surface area contributed by atoms with Gasteiger partial charge >= 0.3 is 0 Å².